The van der Waals surface area contributed by atoms with Crippen molar-refractivity contribution in [2.45, 2.75) is 31.8 Å². The lowest BCUT2D eigenvalue weighted by atomic mass is 9.93. The highest BCUT2D eigenvalue weighted by molar-refractivity contribution is 6.30. The number of hydrazine groups is 1. The van der Waals surface area contributed by atoms with Crippen LogP contribution in [0, 0.1) is 5.92 Å². The molecule has 0 radical (unpaired) electrons. The number of ether oxygens (including phenoxy) is 1. The Bertz CT molecular complexity index is 632. The third-order valence-corrected chi connectivity index (χ3v) is 5.17. The first-order valence-corrected chi connectivity index (χ1v) is 9.42. The lowest BCUT2D eigenvalue weighted by Crippen LogP contribution is -2.48. The van der Waals surface area contributed by atoms with Gasteiger partial charge >= 0.3 is 6.09 Å². The van der Waals surface area contributed by atoms with Crippen molar-refractivity contribution in [1.29, 1.82) is 0 Å². The van der Waals surface area contributed by atoms with Gasteiger partial charge in [-0.05, 0) is 37.5 Å². The second-order valence-corrected chi connectivity index (χ2v) is 7.07. The lowest BCUT2D eigenvalue weighted by molar-refractivity contribution is -0.125. The Morgan fingerprint density at radius 2 is 1.96 bits per heavy atom. The molecule has 3 N–H and O–H groups in total. The van der Waals surface area contributed by atoms with E-state index in [0.717, 1.165) is 18.4 Å². The summed E-state index contributed by atoms with van der Waals surface area (Å²) in [6, 6.07) is 7.52. The summed E-state index contributed by atoms with van der Waals surface area (Å²) in [5.41, 5.74) is 7.27. The van der Waals surface area contributed by atoms with Gasteiger partial charge in [0.15, 0.2) is 0 Å². The zero-order chi connectivity index (χ0) is 18.5. The minimum Gasteiger partial charge on any atom is -0.450 e. The summed E-state index contributed by atoms with van der Waals surface area (Å²) in [5, 5.41) is 3.81. The van der Waals surface area contributed by atoms with Crippen LogP contribution in [0.15, 0.2) is 24.3 Å². The molecule has 2 aliphatic rings. The molecule has 1 aromatic rings. The molecule has 2 saturated heterocycles. The number of amides is 2. The quantitative estimate of drug-likeness (QED) is 0.742. The van der Waals surface area contributed by atoms with E-state index in [1.54, 1.807) is 11.8 Å². The Morgan fingerprint density at radius 1 is 1.27 bits per heavy atom. The molecule has 0 bridgehead atoms. The van der Waals surface area contributed by atoms with Gasteiger partial charge < -0.3 is 15.0 Å². The summed E-state index contributed by atoms with van der Waals surface area (Å²) < 4.78 is 5.02. The summed E-state index contributed by atoms with van der Waals surface area (Å²) in [5.74, 6) is -0.170. The summed E-state index contributed by atoms with van der Waals surface area (Å²) >= 11 is 5.95. The van der Waals surface area contributed by atoms with Crippen LogP contribution in [-0.4, -0.2) is 49.2 Å². The number of nitrogens with one attached hydrogen (secondary N) is 3. The van der Waals surface area contributed by atoms with Crippen LogP contribution >= 0.6 is 11.6 Å². The number of rotatable bonds is 4. The van der Waals surface area contributed by atoms with Crippen molar-refractivity contribution in [3.63, 3.8) is 0 Å². The first kappa shape index (κ1) is 18.9. The average molecular weight is 381 g/mol. The smallest absolute Gasteiger partial charge is 0.409 e. The van der Waals surface area contributed by atoms with E-state index in [1.807, 2.05) is 24.3 Å². The highest BCUT2D eigenvalue weighted by atomic mass is 35.5. The minimum atomic E-state index is -0.274. The molecule has 8 heteroatoms. The minimum absolute atomic E-state index is 0.0250. The number of piperidine rings is 1. The third kappa shape index (κ3) is 4.47. The van der Waals surface area contributed by atoms with Crippen LogP contribution in [0.3, 0.4) is 0 Å². The number of likely N-dealkylation sites (tertiary alicyclic amines) is 1. The fourth-order valence-electron chi connectivity index (χ4n) is 3.46. The second kappa shape index (κ2) is 8.70. The topological polar surface area (TPSA) is 82.7 Å². The van der Waals surface area contributed by atoms with E-state index in [0.29, 0.717) is 31.3 Å². The van der Waals surface area contributed by atoms with Crippen LogP contribution in [-0.2, 0) is 9.53 Å². The maximum atomic E-state index is 12.8. The van der Waals surface area contributed by atoms with Crippen molar-refractivity contribution in [3.8, 4) is 0 Å². The Labute approximate surface area is 158 Å². The van der Waals surface area contributed by atoms with Crippen LogP contribution in [0.4, 0.5) is 4.79 Å². The number of nitrogens with zero attached hydrogens (tertiary/aromatic N) is 1. The van der Waals surface area contributed by atoms with Crippen molar-refractivity contribution < 1.29 is 14.3 Å². The first-order valence-electron chi connectivity index (χ1n) is 9.04. The van der Waals surface area contributed by atoms with Gasteiger partial charge in [0.05, 0.1) is 18.6 Å². The second-order valence-electron chi connectivity index (χ2n) is 6.63. The van der Waals surface area contributed by atoms with Gasteiger partial charge in [0, 0.05) is 30.7 Å². The van der Waals surface area contributed by atoms with Crippen molar-refractivity contribution in [3.05, 3.63) is 34.9 Å². The molecular weight excluding hydrogens is 356 g/mol. The number of carbonyl (C=O) groups excluding carboxylic acids is 2. The SMILES string of the molecule is CCOC(=O)N1CCC(NC(=O)C2CNNC2c2ccc(Cl)cc2)CC1. The van der Waals surface area contributed by atoms with Crippen LogP contribution in [0.2, 0.25) is 5.02 Å². The largest absolute Gasteiger partial charge is 0.450 e. The fourth-order valence-corrected chi connectivity index (χ4v) is 3.58. The van der Waals surface area contributed by atoms with Crippen molar-refractivity contribution in [2.24, 2.45) is 5.92 Å². The normalized spacial score (nSPS) is 23.7. The predicted molar refractivity (Wildman–Crippen MR) is 98.6 cm³/mol. The summed E-state index contributed by atoms with van der Waals surface area (Å²) in [4.78, 5) is 26.2. The first-order chi connectivity index (χ1) is 12.6. The molecule has 2 aliphatic heterocycles. The Morgan fingerprint density at radius 3 is 2.62 bits per heavy atom. The van der Waals surface area contributed by atoms with Gasteiger partial charge in [0.25, 0.3) is 0 Å². The van der Waals surface area contributed by atoms with E-state index in [4.69, 9.17) is 16.3 Å². The molecule has 2 amide bonds. The highest BCUT2D eigenvalue weighted by Crippen LogP contribution is 2.26. The van der Waals surface area contributed by atoms with Crippen molar-refractivity contribution >= 4 is 23.6 Å². The van der Waals surface area contributed by atoms with Gasteiger partial charge in [-0.15, -0.1) is 0 Å². The number of benzene rings is 1. The maximum Gasteiger partial charge on any atom is 0.409 e. The molecule has 2 atom stereocenters. The molecule has 0 spiro atoms. The van der Waals surface area contributed by atoms with Gasteiger partial charge in [-0.3, -0.25) is 10.2 Å². The van der Waals surface area contributed by atoms with E-state index in [2.05, 4.69) is 16.2 Å². The zero-order valence-electron chi connectivity index (χ0n) is 14.8. The third-order valence-electron chi connectivity index (χ3n) is 4.92. The predicted octanol–water partition coefficient (Wildman–Crippen LogP) is 1.84. The lowest BCUT2D eigenvalue weighted by Gasteiger charge is -2.32. The molecule has 3 rings (SSSR count). The van der Waals surface area contributed by atoms with Crippen LogP contribution in [0.5, 0.6) is 0 Å². The molecule has 1 aromatic carbocycles. The maximum absolute atomic E-state index is 12.8. The molecule has 7 nitrogen and oxygen atoms in total. The Kier molecular flexibility index (Phi) is 6.34. The van der Waals surface area contributed by atoms with Crippen molar-refractivity contribution in [1.82, 2.24) is 21.1 Å². The van der Waals surface area contributed by atoms with Gasteiger partial charge in [-0.1, -0.05) is 23.7 Å². The van der Waals surface area contributed by atoms with E-state index >= 15 is 0 Å². The Balaban J connectivity index is 1.53. The number of hydrogen-bond donors (Lipinski definition) is 3. The highest BCUT2D eigenvalue weighted by Gasteiger charge is 2.35. The van der Waals surface area contributed by atoms with E-state index in [1.165, 1.54) is 0 Å². The van der Waals surface area contributed by atoms with E-state index < -0.39 is 0 Å². The molecule has 26 heavy (non-hydrogen) atoms. The summed E-state index contributed by atoms with van der Waals surface area (Å²) in [6.45, 7) is 3.95. The molecule has 0 saturated carbocycles. The van der Waals surface area contributed by atoms with Gasteiger partial charge in [-0.25, -0.2) is 10.2 Å². The molecule has 0 aromatic heterocycles. The molecule has 2 heterocycles. The molecule has 2 fully saturated rings. The van der Waals surface area contributed by atoms with Crippen molar-refractivity contribution in [2.75, 3.05) is 26.2 Å². The van der Waals surface area contributed by atoms with Crippen LogP contribution in [0.1, 0.15) is 31.4 Å². The van der Waals surface area contributed by atoms with Crippen LogP contribution in [0.25, 0.3) is 0 Å². The summed E-state index contributed by atoms with van der Waals surface area (Å²) in [7, 11) is 0. The molecular formula is C18H25ClN4O3. The summed E-state index contributed by atoms with van der Waals surface area (Å²) in [6.07, 6.45) is 1.21. The zero-order valence-corrected chi connectivity index (χ0v) is 15.6. The number of carbonyl (C=O) groups is 2. The monoisotopic (exact) mass is 380 g/mol. The standard InChI is InChI=1S/C18H25ClN4O3/c1-2-26-18(25)23-9-7-14(8-10-23)21-17(24)15-11-20-22-16(15)12-3-5-13(19)6-4-12/h3-6,14-16,20,22H,2,7-11H2,1H3,(H,21,24). The van der Waals surface area contributed by atoms with Crippen LogP contribution < -0.4 is 16.2 Å². The fraction of sp³-hybridized carbons (Fsp3) is 0.556. The molecule has 2 unspecified atom stereocenters. The average Bonchev–Trinajstić information content (AvgIpc) is 3.13. The van der Waals surface area contributed by atoms with Gasteiger partial charge in [0.1, 0.15) is 0 Å². The number of hydrogen-bond acceptors (Lipinski definition) is 5. The number of halogens is 1. The molecule has 0 aliphatic carbocycles. The van der Waals surface area contributed by atoms with Gasteiger partial charge in [0.2, 0.25) is 5.91 Å². The van der Waals surface area contributed by atoms with E-state index in [9.17, 15) is 9.59 Å². The van der Waals surface area contributed by atoms with E-state index in [-0.39, 0.29) is 30.0 Å². The Hall–Kier alpha value is -1.83. The molecule has 142 valence electrons. The van der Waals surface area contributed by atoms with Gasteiger partial charge in [-0.2, -0.15) is 0 Å².